The Morgan fingerprint density at radius 3 is 2.30 bits per heavy atom. The predicted molar refractivity (Wildman–Crippen MR) is 112 cm³/mol. The molecule has 0 bridgehead atoms. The second kappa shape index (κ2) is 10.2. The molecule has 2 fully saturated rings. The first kappa shape index (κ1) is 20.3. The van der Waals surface area contributed by atoms with Crippen LogP contribution in [-0.4, -0.2) is 54.5 Å². The highest BCUT2D eigenvalue weighted by Gasteiger charge is 2.29. The number of amides is 1. The van der Waals surface area contributed by atoms with Gasteiger partial charge in [-0.3, -0.25) is 9.69 Å². The Morgan fingerprint density at radius 2 is 1.70 bits per heavy atom. The molecule has 0 aromatic heterocycles. The molecule has 0 radical (unpaired) electrons. The molecular formula is C23H37N3O. The molecule has 3 rings (SSSR count). The third kappa shape index (κ3) is 5.55. The lowest BCUT2D eigenvalue weighted by Crippen LogP contribution is -2.49. The maximum atomic E-state index is 13.2. The van der Waals surface area contributed by atoms with E-state index in [-0.39, 0.29) is 11.9 Å². The summed E-state index contributed by atoms with van der Waals surface area (Å²) in [7, 11) is 0. The molecule has 1 amide bonds. The van der Waals surface area contributed by atoms with Crippen LogP contribution in [-0.2, 0) is 4.79 Å². The highest BCUT2D eigenvalue weighted by molar-refractivity contribution is 5.83. The van der Waals surface area contributed by atoms with E-state index in [1.54, 1.807) is 0 Å². The first-order chi connectivity index (χ1) is 13.2. The number of likely N-dealkylation sites (tertiary alicyclic amines) is 1. The summed E-state index contributed by atoms with van der Waals surface area (Å²) < 4.78 is 0. The number of carbonyl (C=O) groups is 1. The summed E-state index contributed by atoms with van der Waals surface area (Å²) in [5, 5.41) is 3.37. The molecule has 4 heteroatoms. The zero-order valence-corrected chi connectivity index (χ0v) is 17.2. The summed E-state index contributed by atoms with van der Waals surface area (Å²) in [5.74, 6) is 1.08. The molecule has 0 spiro atoms. The van der Waals surface area contributed by atoms with Gasteiger partial charge in [0.05, 0.1) is 0 Å². The van der Waals surface area contributed by atoms with Crippen LogP contribution in [0.25, 0.3) is 0 Å². The van der Waals surface area contributed by atoms with E-state index in [2.05, 4.69) is 41.1 Å². The van der Waals surface area contributed by atoms with Gasteiger partial charge in [0.15, 0.2) is 0 Å². The van der Waals surface area contributed by atoms with Crippen molar-refractivity contribution in [3.8, 4) is 0 Å². The number of likely N-dealkylation sites (N-methyl/N-ethyl adjacent to an activating group) is 1. The van der Waals surface area contributed by atoms with Crippen LogP contribution in [0.15, 0.2) is 30.3 Å². The van der Waals surface area contributed by atoms with Gasteiger partial charge in [-0.05, 0) is 50.3 Å². The molecule has 27 heavy (non-hydrogen) atoms. The van der Waals surface area contributed by atoms with Gasteiger partial charge in [-0.2, -0.15) is 0 Å². The lowest BCUT2D eigenvalue weighted by atomic mass is 10.00. The molecule has 1 unspecified atom stereocenters. The monoisotopic (exact) mass is 371 g/mol. The fourth-order valence-corrected chi connectivity index (χ4v) is 4.85. The summed E-state index contributed by atoms with van der Waals surface area (Å²) in [6, 6.07) is 10.4. The Labute approximate surface area is 165 Å². The van der Waals surface area contributed by atoms with Crippen LogP contribution < -0.4 is 5.32 Å². The third-order valence-corrected chi connectivity index (χ3v) is 6.47. The molecule has 1 atom stereocenters. The highest BCUT2D eigenvalue weighted by Crippen LogP contribution is 2.27. The van der Waals surface area contributed by atoms with Crippen LogP contribution in [0, 0.1) is 5.92 Å². The Morgan fingerprint density at radius 1 is 1.07 bits per heavy atom. The summed E-state index contributed by atoms with van der Waals surface area (Å²) in [6.45, 7) is 9.55. The number of nitrogens with zero attached hydrogens (tertiary/aromatic N) is 2. The van der Waals surface area contributed by atoms with E-state index in [1.165, 1.54) is 32.2 Å². The summed E-state index contributed by atoms with van der Waals surface area (Å²) in [6.07, 6.45) is 7.84. The van der Waals surface area contributed by atoms with Crippen molar-refractivity contribution in [3.05, 3.63) is 35.9 Å². The number of rotatable bonds is 8. The molecule has 1 heterocycles. The van der Waals surface area contributed by atoms with Crippen molar-refractivity contribution in [2.24, 2.45) is 5.92 Å². The van der Waals surface area contributed by atoms with Gasteiger partial charge in [0.2, 0.25) is 5.91 Å². The van der Waals surface area contributed by atoms with Gasteiger partial charge in [0.1, 0.15) is 6.04 Å². The van der Waals surface area contributed by atoms with Gasteiger partial charge in [0.25, 0.3) is 0 Å². The zero-order chi connectivity index (χ0) is 19.1. The Kier molecular flexibility index (Phi) is 7.71. The van der Waals surface area contributed by atoms with Crippen molar-refractivity contribution in [2.45, 2.75) is 64.5 Å². The van der Waals surface area contributed by atoms with E-state index in [9.17, 15) is 4.79 Å². The minimum atomic E-state index is -0.183. The molecule has 1 aromatic carbocycles. The van der Waals surface area contributed by atoms with Crippen molar-refractivity contribution >= 4 is 5.91 Å². The topological polar surface area (TPSA) is 35.6 Å². The van der Waals surface area contributed by atoms with E-state index in [4.69, 9.17) is 0 Å². The quantitative estimate of drug-likeness (QED) is 0.754. The Hall–Kier alpha value is -1.39. The highest BCUT2D eigenvalue weighted by atomic mass is 16.2. The first-order valence-electron chi connectivity index (χ1n) is 11.0. The number of nitrogens with one attached hydrogen (secondary N) is 1. The van der Waals surface area contributed by atoms with Gasteiger partial charge in [0, 0.05) is 25.7 Å². The average molecular weight is 372 g/mol. The zero-order valence-electron chi connectivity index (χ0n) is 17.2. The summed E-state index contributed by atoms with van der Waals surface area (Å²) >= 11 is 0. The first-order valence-corrected chi connectivity index (χ1v) is 11.0. The Balaban J connectivity index is 1.54. The molecule has 2 aliphatic rings. The van der Waals surface area contributed by atoms with E-state index in [1.807, 2.05) is 18.2 Å². The minimum absolute atomic E-state index is 0.166. The largest absolute Gasteiger partial charge is 0.352 e. The maximum absolute atomic E-state index is 13.2. The lowest BCUT2D eigenvalue weighted by molar-refractivity contribution is -0.127. The number of hydrogen-bond acceptors (Lipinski definition) is 3. The van der Waals surface area contributed by atoms with Crippen LogP contribution >= 0.6 is 0 Å². The summed E-state index contributed by atoms with van der Waals surface area (Å²) in [4.78, 5) is 18.0. The second-order valence-corrected chi connectivity index (χ2v) is 8.27. The number of hydrogen-bond donors (Lipinski definition) is 1. The molecule has 1 N–H and O–H groups in total. The number of piperidine rings is 1. The molecular weight excluding hydrogens is 334 g/mol. The van der Waals surface area contributed by atoms with Crippen LogP contribution in [0.2, 0.25) is 0 Å². The smallest absolute Gasteiger partial charge is 0.242 e. The molecule has 1 aromatic rings. The summed E-state index contributed by atoms with van der Waals surface area (Å²) in [5.41, 5.74) is 1.09. The second-order valence-electron chi connectivity index (χ2n) is 8.27. The van der Waals surface area contributed by atoms with Gasteiger partial charge < -0.3 is 10.2 Å². The van der Waals surface area contributed by atoms with Crippen molar-refractivity contribution in [1.82, 2.24) is 15.1 Å². The van der Waals surface area contributed by atoms with Crippen molar-refractivity contribution < 1.29 is 4.79 Å². The van der Waals surface area contributed by atoms with Gasteiger partial charge in [-0.1, -0.05) is 57.0 Å². The fourth-order valence-electron chi connectivity index (χ4n) is 4.85. The van der Waals surface area contributed by atoms with E-state index in [0.717, 1.165) is 50.5 Å². The number of benzene rings is 1. The van der Waals surface area contributed by atoms with E-state index in [0.29, 0.717) is 6.04 Å². The number of carbonyl (C=O) groups excluding carboxylic acids is 1. The predicted octanol–water partition coefficient (Wildman–Crippen LogP) is 3.84. The molecule has 1 aliphatic heterocycles. The fraction of sp³-hybridized carbons (Fsp3) is 0.696. The molecule has 1 saturated carbocycles. The Bertz CT molecular complexity index is 558. The normalized spacial score (nSPS) is 20.9. The van der Waals surface area contributed by atoms with Crippen LogP contribution in [0.5, 0.6) is 0 Å². The SMILES string of the molecule is CCN(CC)C(C(=O)NC1CCN(CC2CCCC2)CC1)c1ccccc1. The third-order valence-electron chi connectivity index (χ3n) is 6.47. The molecule has 1 saturated heterocycles. The van der Waals surface area contributed by atoms with E-state index >= 15 is 0 Å². The van der Waals surface area contributed by atoms with Crippen molar-refractivity contribution in [3.63, 3.8) is 0 Å². The molecule has 1 aliphatic carbocycles. The van der Waals surface area contributed by atoms with Crippen molar-refractivity contribution in [1.29, 1.82) is 0 Å². The minimum Gasteiger partial charge on any atom is -0.352 e. The molecule has 150 valence electrons. The van der Waals surface area contributed by atoms with Crippen LogP contribution in [0.4, 0.5) is 0 Å². The van der Waals surface area contributed by atoms with Crippen molar-refractivity contribution in [2.75, 3.05) is 32.7 Å². The van der Waals surface area contributed by atoms with Crippen LogP contribution in [0.1, 0.15) is 64.0 Å². The van der Waals surface area contributed by atoms with Gasteiger partial charge >= 0.3 is 0 Å². The maximum Gasteiger partial charge on any atom is 0.242 e. The van der Waals surface area contributed by atoms with Crippen LogP contribution in [0.3, 0.4) is 0 Å². The average Bonchev–Trinajstić information content (AvgIpc) is 3.21. The molecule has 4 nitrogen and oxygen atoms in total. The van der Waals surface area contributed by atoms with Gasteiger partial charge in [-0.25, -0.2) is 0 Å². The van der Waals surface area contributed by atoms with E-state index < -0.39 is 0 Å². The lowest BCUT2D eigenvalue weighted by Gasteiger charge is -2.35. The standard InChI is InChI=1S/C23H37N3O/c1-3-26(4-2)22(20-12-6-5-7-13-20)23(27)24-21-14-16-25(17-15-21)18-19-10-8-9-11-19/h5-7,12-13,19,21-22H,3-4,8-11,14-18H2,1-2H3,(H,24,27). The van der Waals surface area contributed by atoms with Gasteiger partial charge in [-0.15, -0.1) is 0 Å².